The van der Waals surface area contributed by atoms with E-state index in [1.54, 1.807) is 0 Å². The van der Waals surface area contributed by atoms with Crippen molar-refractivity contribution in [1.82, 2.24) is 0 Å². The van der Waals surface area contributed by atoms with Crippen LogP contribution >= 0.6 is 0 Å². The van der Waals surface area contributed by atoms with Gasteiger partial charge in [0.05, 0.1) is 0 Å². The highest BCUT2D eigenvalue weighted by Crippen LogP contribution is 2.12. The largest absolute Gasteiger partial charge is 0.459 e. The number of esters is 2. The van der Waals surface area contributed by atoms with E-state index in [-0.39, 0.29) is 12.2 Å². The van der Waals surface area contributed by atoms with Gasteiger partial charge in [-0.25, -0.2) is 9.59 Å². The molecule has 24 heavy (non-hydrogen) atoms. The van der Waals surface area contributed by atoms with Crippen LogP contribution in [0.4, 0.5) is 0 Å². The molecule has 0 radical (unpaired) electrons. The van der Waals surface area contributed by atoms with Crippen molar-refractivity contribution < 1.29 is 19.1 Å². The molecule has 0 aliphatic rings. The summed E-state index contributed by atoms with van der Waals surface area (Å²) in [7, 11) is 0. The standard InChI is InChI=1S/C20H36O4/c1-5-9-11-13-17(7-3)23-19(21)15-16-20(22)24-18(8-4)14-12-10-6-2/h15-18H,5-14H2,1-4H3/b16-15-. The third-order valence-electron chi connectivity index (χ3n) is 4.09. The Morgan fingerprint density at radius 1 is 0.708 bits per heavy atom. The molecule has 0 aromatic heterocycles. The zero-order valence-electron chi connectivity index (χ0n) is 16.0. The third-order valence-corrected chi connectivity index (χ3v) is 4.09. The van der Waals surface area contributed by atoms with Crippen molar-refractivity contribution in [2.45, 2.75) is 104 Å². The molecular formula is C20H36O4. The van der Waals surface area contributed by atoms with E-state index in [2.05, 4.69) is 13.8 Å². The Morgan fingerprint density at radius 3 is 1.38 bits per heavy atom. The van der Waals surface area contributed by atoms with Crippen molar-refractivity contribution in [3.8, 4) is 0 Å². The van der Waals surface area contributed by atoms with Crippen molar-refractivity contribution in [2.75, 3.05) is 0 Å². The number of hydrogen-bond acceptors (Lipinski definition) is 4. The van der Waals surface area contributed by atoms with Gasteiger partial charge in [-0.2, -0.15) is 0 Å². The predicted octanol–water partition coefficient (Wildman–Crippen LogP) is 5.35. The first-order valence-electron chi connectivity index (χ1n) is 9.66. The monoisotopic (exact) mass is 340 g/mol. The average Bonchev–Trinajstić information content (AvgIpc) is 2.58. The molecule has 0 heterocycles. The van der Waals surface area contributed by atoms with Crippen LogP contribution in [0.3, 0.4) is 0 Å². The minimum atomic E-state index is -0.464. The van der Waals surface area contributed by atoms with Crippen LogP contribution in [0.5, 0.6) is 0 Å². The van der Waals surface area contributed by atoms with Crippen molar-refractivity contribution in [1.29, 1.82) is 0 Å². The zero-order valence-corrected chi connectivity index (χ0v) is 16.0. The molecular weight excluding hydrogens is 304 g/mol. The van der Waals surface area contributed by atoms with E-state index >= 15 is 0 Å². The Bertz CT molecular complexity index is 329. The van der Waals surface area contributed by atoms with Gasteiger partial charge in [0.1, 0.15) is 12.2 Å². The summed E-state index contributed by atoms with van der Waals surface area (Å²) in [5.74, 6) is -0.927. The molecule has 0 aromatic carbocycles. The second-order valence-corrected chi connectivity index (χ2v) is 6.26. The van der Waals surface area contributed by atoms with Gasteiger partial charge in [0, 0.05) is 12.2 Å². The highest BCUT2D eigenvalue weighted by atomic mass is 16.5. The number of carbonyl (C=O) groups is 2. The predicted molar refractivity (Wildman–Crippen MR) is 97.8 cm³/mol. The first-order valence-corrected chi connectivity index (χ1v) is 9.66. The lowest BCUT2D eigenvalue weighted by Crippen LogP contribution is -2.18. The van der Waals surface area contributed by atoms with Crippen LogP contribution < -0.4 is 0 Å². The Hall–Kier alpha value is -1.32. The lowest BCUT2D eigenvalue weighted by atomic mass is 10.1. The number of ether oxygens (including phenoxy) is 2. The second-order valence-electron chi connectivity index (χ2n) is 6.26. The summed E-state index contributed by atoms with van der Waals surface area (Å²) >= 11 is 0. The maximum atomic E-state index is 11.8. The number of unbranched alkanes of at least 4 members (excludes halogenated alkanes) is 4. The van der Waals surface area contributed by atoms with E-state index in [9.17, 15) is 9.59 Å². The Morgan fingerprint density at radius 2 is 1.08 bits per heavy atom. The van der Waals surface area contributed by atoms with E-state index in [1.807, 2.05) is 13.8 Å². The van der Waals surface area contributed by atoms with E-state index in [4.69, 9.17) is 9.47 Å². The van der Waals surface area contributed by atoms with E-state index in [1.165, 1.54) is 12.2 Å². The normalized spacial score (nSPS) is 13.7. The van der Waals surface area contributed by atoms with Crippen molar-refractivity contribution in [3.63, 3.8) is 0 Å². The van der Waals surface area contributed by atoms with E-state index in [0.29, 0.717) is 0 Å². The second kappa shape index (κ2) is 15.2. The molecule has 0 bridgehead atoms. The average molecular weight is 341 g/mol. The zero-order chi connectivity index (χ0) is 18.2. The third kappa shape index (κ3) is 12.1. The maximum absolute atomic E-state index is 11.8. The topological polar surface area (TPSA) is 52.6 Å². The summed E-state index contributed by atoms with van der Waals surface area (Å²) in [6, 6.07) is 0. The SMILES string of the molecule is CCCCCC(CC)OC(=O)/C=C\C(=O)OC(CC)CCCCC. The Labute approximate surface area is 148 Å². The van der Waals surface area contributed by atoms with Gasteiger partial charge >= 0.3 is 11.9 Å². The molecule has 0 spiro atoms. The molecule has 0 aliphatic heterocycles. The lowest BCUT2D eigenvalue weighted by molar-refractivity contribution is -0.146. The molecule has 0 fully saturated rings. The van der Waals surface area contributed by atoms with Crippen molar-refractivity contribution in [2.24, 2.45) is 0 Å². The van der Waals surface area contributed by atoms with Gasteiger partial charge in [-0.15, -0.1) is 0 Å². The quantitative estimate of drug-likeness (QED) is 0.243. The van der Waals surface area contributed by atoms with Crippen molar-refractivity contribution >= 4 is 11.9 Å². The van der Waals surface area contributed by atoms with Crippen LogP contribution in [0.25, 0.3) is 0 Å². The summed E-state index contributed by atoms with van der Waals surface area (Å²) in [4.78, 5) is 23.6. The van der Waals surface area contributed by atoms with Gasteiger partial charge in [0.25, 0.3) is 0 Å². The molecule has 2 atom stereocenters. The van der Waals surface area contributed by atoms with Gasteiger partial charge in [0.15, 0.2) is 0 Å². The fourth-order valence-corrected chi connectivity index (χ4v) is 2.48. The lowest BCUT2D eigenvalue weighted by Gasteiger charge is -2.15. The van der Waals surface area contributed by atoms with Crippen molar-refractivity contribution in [3.05, 3.63) is 12.2 Å². The molecule has 4 nitrogen and oxygen atoms in total. The van der Waals surface area contributed by atoms with Crippen LogP contribution in [-0.4, -0.2) is 24.1 Å². The minimum absolute atomic E-state index is 0.0674. The smallest absolute Gasteiger partial charge is 0.331 e. The molecule has 0 saturated heterocycles. The number of carbonyl (C=O) groups excluding carboxylic acids is 2. The van der Waals surface area contributed by atoms with Crippen LogP contribution in [0.2, 0.25) is 0 Å². The van der Waals surface area contributed by atoms with E-state index < -0.39 is 11.9 Å². The van der Waals surface area contributed by atoms with Gasteiger partial charge < -0.3 is 9.47 Å². The fraction of sp³-hybridized carbons (Fsp3) is 0.800. The molecule has 0 aliphatic carbocycles. The summed E-state index contributed by atoms with van der Waals surface area (Å²) in [6.07, 6.45) is 12.3. The molecule has 0 N–H and O–H groups in total. The summed E-state index contributed by atoms with van der Waals surface area (Å²) in [5.41, 5.74) is 0. The van der Waals surface area contributed by atoms with E-state index in [0.717, 1.165) is 64.2 Å². The first kappa shape index (κ1) is 22.7. The summed E-state index contributed by atoms with van der Waals surface area (Å²) in [5, 5.41) is 0. The molecule has 140 valence electrons. The molecule has 0 aromatic rings. The van der Waals surface area contributed by atoms with Crippen LogP contribution in [0.15, 0.2) is 12.2 Å². The Balaban J connectivity index is 4.18. The number of hydrogen-bond donors (Lipinski definition) is 0. The van der Waals surface area contributed by atoms with Crippen LogP contribution in [0.1, 0.15) is 91.9 Å². The number of rotatable bonds is 14. The summed E-state index contributed by atoms with van der Waals surface area (Å²) < 4.78 is 10.7. The summed E-state index contributed by atoms with van der Waals surface area (Å²) in [6.45, 7) is 8.30. The molecule has 0 saturated carbocycles. The Kier molecular flexibility index (Phi) is 14.4. The highest BCUT2D eigenvalue weighted by molar-refractivity contribution is 5.91. The maximum Gasteiger partial charge on any atom is 0.331 e. The molecule has 4 heteroatoms. The van der Waals surface area contributed by atoms with Crippen LogP contribution in [-0.2, 0) is 19.1 Å². The fourth-order valence-electron chi connectivity index (χ4n) is 2.48. The highest BCUT2D eigenvalue weighted by Gasteiger charge is 2.12. The molecule has 0 rings (SSSR count). The van der Waals surface area contributed by atoms with Crippen LogP contribution in [0, 0.1) is 0 Å². The van der Waals surface area contributed by atoms with Gasteiger partial charge in [-0.05, 0) is 38.5 Å². The first-order chi connectivity index (χ1) is 11.6. The van der Waals surface area contributed by atoms with Gasteiger partial charge in [-0.3, -0.25) is 0 Å². The van der Waals surface area contributed by atoms with Gasteiger partial charge in [0.2, 0.25) is 0 Å². The van der Waals surface area contributed by atoms with Gasteiger partial charge in [-0.1, -0.05) is 53.4 Å². The molecule has 0 amide bonds. The minimum Gasteiger partial charge on any atom is -0.459 e. The molecule has 2 unspecified atom stereocenters.